The van der Waals surface area contributed by atoms with Gasteiger partial charge in [-0.15, -0.1) is 0 Å². The van der Waals surface area contributed by atoms with Crippen molar-refractivity contribution in [3.05, 3.63) is 22.2 Å². The van der Waals surface area contributed by atoms with Crippen LogP contribution in [0.15, 0.2) is 18.5 Å². The summed E-state index contributed by atoms with van der Waals surface area (Å²) in [6.45, 7) is 2.19. The topological polar surface area (TPSA) is 93.2 Å². The molecule has 0 radical (unpaired) electrons. The van der Waals surface area contributed by atoms with Crippen LogP contribution >= 0.6 is 22.6 Å². The minimum atomic E-state index is 0.0667. The number of hydrogen-bond acceptors (Lipinski definition) is 6. The molecular formula is C17H22IN7O. The minimum absolute atomic E-state index is 0.0667. The van der Waals surface area contributed by atoms with Crippen molar-refractivity contribution in [2.75, 3.05) is 32.4 Å². The molecule has 9 heteroatoms. The third-order valence-electron chi connectivity index (χ3n) is 5.12. The first-order valence-electron chi connectivity index (χ1n) is 8.84. The van der Waals surface area contributed by atoms with E-state index in [1.807, 2.05) is 15.7 Å². The quantitative estimate of drug-likeness (QED) is 0.529. The molecule has 2 aromatic heterocycles. The van der Waals surface area contributed by atoms with Crippen LogP contribution in [0.2, 0.25) is 0 Å². The maximum atomic E-state index is 12.5. The molecule has 138 valence electrons. The smallest absolute Gasteiger partial charge is 0.246 e. The van der Waals surface area contributed by atoms with Crippen molar-refractivity contribution < 1.29 is 4.79 Å². The summed E-state index contributed by atoms with van der Waals surface area (Å²) in [7, 11) is 2.11. The van der Waals surface area contributed by atoms with E-state index in [-0.39, 0.29) is 11.9 Å². The van der Waals surface area contributed by atoms with Gasteiger partial charge in [0.2, 0.25) is 5.91 Å². The molecule has 1 atom stereocenters. The number of likely N-dealkylation sites (tertiary alicyclic amines) is 1. The lowest BCUT2D eigenvalue weighted by Crippen LogP contribution is -2.28. The summed E-state index contributed by atoms with van der Waals surface area (Å²) < 4.78 is 2.69. The first-order chi connectivity index (χ1) is 12.5. The minimum Gasteiger partial charge on any atom is -0.383 e. The number of amides is 1. The molecule has 2 N–H and O–H groups in total. The molecule has 1 aliphatic carbocycles. The second-order valence-electron chi connectivity index (χ2n) is 6.99. The Morgan fingerprint density at radius 2 is 2.23 bits per heavy atom. The van der Waals surface area contributed by atoms with Gasteiger partial charge in [0.15, 0.2) is 5.65 Å². The van der Waals surface area contributed by atoms with Crippen LogP contribution in [0, 0.1) is 3.70 Å². The van der Waals surface area contributed by atoms with E-state index >= 15 is 0 Å². The fourth-order valence-electron chi connectivity index (χ4n) is 3.44. The fourth-order valence-corrected chi connectivity index (χ4v) is 4.19. The van der Waals surface area contributed by atoms with E-state index in [0.29, 0.717) is 18.4 Å². The molecule has 3 heterocycles. The number of anilines is 1. The number of rotatable bonds is 5. The first-order valence-corrected chi connectivity index (χ1v) is 9.92. The van der Waals surface area contributed by atoms with E-state index < -0.39 is 0 Å². The molecule has 2 fully saturated rings. The second kappa shape index (κ2) is 7.10. The molecule has 2 aromatic rings. The van der Waals surface area contributed by atoms with E-state index in [9.17, 15) is 4.79 Å². The van der Waals surface area contributed by atoms with Gasteiger partial charge in [0.1, 0.15) is 15.8 Å². The van der Waals surface area contributed by atoms with E-state index in [0.717, 1.165) is 34.2 Å². The molecule has 8 nitrogen and oxygen atoms in total. The molecule has 0 bridgehead atoms. The van der Waals surface area contributed by atoms with Crippen LogP contribution in [0.5, 0.6) is 0 Å². The van der Waals surface area contributed by atoms with Gasteiger partial charge in [-0.2, -0.15) is 5.10 Å². The molecule has 4 rings (SSSR count). The summed E-state index contributed by atoms with van der Waals surface area (Å²) in [5.74, 6) is 0.510. The third kappa shape index (κ3) is 3.41. The average Bonchev–Trinajstić information content (AvgIpc) is 3.26. The number of nitrogens with two attached hydrogens (primary N) is 1. The molecule has 26 heavy (non-hydrogen) atoms. The van der Waals surface area contributed by atoms with E-state index in [1.165, 1.54) is 19.2 Å². The first kappa shape index (κ1) is 17.7. The van der Waals surface area contributed by atoms with Crippen molar-refractivity contribution >= 4 is 45.3 Å². The van der Waals surface area contributed by atoms with Crippen molar-refractivity contribution in [2.24, 2.45) is 0 Å². The van der Waals surface area contributed by atoms with Crippen molar-refractivity contribution in [2.45, 2.75) is 31.3 Å². The highest BCUT2D eigenvalue weighted by Crippen LogP contribution is 2.29. The SMILES string of the molecule is CN(CC=CC(=O)N1CC[C@@H](n2nc(I)c3c(N)ncnc32)C1)C1CC1. The van der Waals surface area contributed by atoms with Crippen LogP contribution in [0.25, 0.3) is 11.0 Å². The monoisotopic (exact) mass is 467 g/mol. The van der Waals surface area contributed by atoms with Gasteiger partial charge in [-0.3, -0.25) is 9.69 Å². The van der Waals surface area contributed by atoms with Crippen LogP contribution in [-0.4, -0.2) is 68.2 Å². The summed E-state index contributed by atoms with van der Waals surface area (Å²) in [6.07, 6.45) is 8.54. The van der Waals surface area contributed by atoms with Crippen molar-refractivity contribution in [3.63, 3.8) is 0 Å². The van der Waals surface area contributed by atoms with Gasteiger partial charge in [-0.25, -0.2) is 14.6 Å². The lowest BCUT2D eigenvalue weighted by molar-refractivity contribution is -0.125. The molecule has 0 aromatic carbocycles. The molecular weight excluding hydrogens is 445 g/mol. The highest BCUT2D eigenvalue weighted by Gasteiger charge is 2.29. The van der Waals surface area contributed by atoms with Crippen molar-refractivity contribution in [3.8, 4) is 0 Å². The number of carbonyl (C=O) groups excluding carboxylic acids is 1. The molecule has 0 unspecified atom stereocenters. The highest BCUT2D eigenvalue weighted by atomic mass is 127. The number of fused-ring (bicyclic) bond motifs is 1. The third-order valence-corrected chi connectivity index (χ3v) is 5.88. The van der Waals surface area contributed by atoms with Gasteiger partial charge in [-0.1, -0.05) is 6.08 Å². The maximum Gasteiger partial charge on any atom is 0.246 e. The number of likely N-dealkylation sites (N-methyl/N-ethyl adjacent to an activating group) is 1. The Hall–Kier alpha value is -1.75. The maximum absolute atomic E-state index is 12.5. The molecule has 1 amide bonds. The average molecular weight is 467 g/mol. The number of aromatic nitrogens is 4. The number of halogens is 1. The fraction of sp³-hybridized carbons (Fsp3) is 0.529. The predicted octanol–water partition coefficient (Wildman–Crippen LogP) is 1.44. The lowest BCUT2D eigenvalue weighted by Gasteiger charge is -2.16. The Bertz CT molecular complexity index is 860. The normalized spacial score (nSPS) is 20.7. The summed E-state index contributed by atoms with van der Waals surface area (Å²) in [6, 6.07) is 0.817. The Balaban J connectivity index is 1.43. The van der Waals surface area contributed by atoms with Gasteiger partial charge < -0.3 is 10.6 Å². The summed E-state index contributed by atoms with van der Waals surface area (Å²) >= 11 is 2.16. The Labute approximate surface area is 165 Å². The zero-order chi connectivity index (χ0) is 18.3. The largest absolute Gasteiger partial charge is 0.383 e. The van der Waals surface area contributed by atoms with Crippen LogP contribution in [0.1, 0.15) is 25.3 Å². The van der Waals surface area contributed by atoms with Crippen molar-refractivity contribution in [1.29, 1.82) is 0 Å². The Morgan fingerprint density at radius 3 is 3.00 bits per heavy atom. The standard InChI is InChI=1S/C17H22IN7O/c1-23(11-4-5-11)7-2-3-13(26)24-8-6-12(9-24)25-17-14(15(18)22-25)16(19)20-10-21-17/h2-3,10-12H,4-9H2,1H3,(H2,19,20,21)/t12-/m1/s1. The molecule has 1 saturated heterocycles. The van der Waals surface area contributed by atoms with Gasteiger partial charge in [0.05, 0.1) is 11.4 Å². The molecule has 1 saturated carbocycles. The lowest BCUT2D eigenvalue weighted by atomic mass is 10.2. The van der Waals surface area contributed by atoms with Crippen LogP contribution < -0.4 is 5.73 Å². The zero-order valence-electron chi connectivity index (χ0n) is 14.7. The molecule has 0 spiro atoms. The Morgan fingerprint density at radius 1 is 1.42 bits per heavy atom. The van der Waals surface area contributed by atoms with E-state index in [4.69, 9.17) is 5.73 Å². The number of nitrogen functional groups attached to an aromatic ring is 1. The molecule has 1 aliphatic heterocycles. The summed E-state index contributed by atoms with van der Waals surface area (Å²) in [5.41, 5.74) is 6.70. The number of carbonyl (C=O) groups is 1. The predicted molar refractivity (Wildman–Crippen MR) is 107 cm³/mol. The van der Waals surface area contributed by atoms with Crippen LogP contribution in [0.4, 0.5) is 5.82 Å². The molecule has 2 aliphatic rings. The van der Waals surface area contributed by atoms with Crippen molar-refractivity contribution in [1.82, 2.24) is 29.5 Å². The van der Waals surface area contributed by atoms with Gasteiger partial charge in [0, 0.05) is 31.8 Å². The van der Waals surface area contributed by atoms with E-state index in [2.05, 4.69) is 49.6 Å². The summed E-state index contributed by atoms with van der Waals surface area (Å²) in [5, 5.41) is 5.39. The summed E-state index contributed by atoms with van der Waals surface area (Å²) in [4.78, 5) is 25.0. The van der Waals surface area contributed by atoms with E-state index in [1.54, 1.807) is 6.08 Å². The number of hydrogen-bond donors (Lipinski definition) is 1. The highest BCUT2D eigenvalue weighted by molar-refractivity contribution is 14.1. The zero-order valence-corrected chi connectivity index (χ0v) is 16.8. The van der Waals surface area contributed by atoms with Crippen LogP contribution in [-0.2, 0) is 4.79 Å². The Kier molecular flexibility index (Phi) is 4.82. The van der Waals surface area contributed by atoms with Gasteiger partial charge >= 0.3 is 0 Å². The second-order valence-corrected chi connectivity index (χ2v) is 8.01. The number of nitrogens with zero attached hydrogens (tertiary/aromatic N) is 6. The van der Waals surface area contributed by atoms with Crippen LogP contribution in [0.3, 0.4) is 0 Å². The van der Waals surface area contributed by atoms with Gasteiger partial charge in [0.25, 0.3) is 0 Å². The van der Waals surface area contributed by atoms with Gasteiger partial charge in [-0.05, 0) is 48.9 Å².